The zero-order chi connectivity index (χ0) is 21.7. The molecule has 0 N–H and O–H groups in total. The molecule has 1 aromatic heterocycles. The summed E-state index contributed by atoms with van der Waals surface area (Å²) in [5, 5.41) is 0. The smallest absolute Gasteiger partial charge is 0.338 e. The Morgan fingerprint density at radius 2 is 1.87 bits per heavy atom. The number of thiazole rings is 1. The van der Waals surface area contributed by atoms with E-state index in [2.05, 4.69) is 4.99 Å². The van der Waals surface area contributed by atoms with Crippen LogP contribution in [-0.2, 0) is 26.4 Å². The maximum absolute atomic E-state index is 12.3. The van der Waals surface area contributed by atoms with Crippen molar-refractivity contribution in [2.24, 2.45) is 12.0 Å². The number of sulfone groups is 1. The molecule has 0 saturated carbocycles. The van der Waals surface area contributed by atoms with Crippen molar-refractivity contribution in [3.05, 3.63) is 58.9 Å². The number of hydrogen-bond acceptors (Lipinski definition) is 6. The summed E-state index contributed by atoms with van der Waals surface area (Å²) in [7, 11) is -1.63. The van der Waals surface area contributed by atoms with Crippen LogP contribution in [0.15, 0.2) is 58.4 Å². The molecule has 0 aliphatic heterocycles. The average Bonchev–Trinajstić information content (AvgIpc) is 3.03. The van der Waals surface area contributed by atoms with Crippen LogP contribution in [0.3, 0.4) is 0 Å². The van der Waals surface area contributed by atoms with Crippen molar-refractivity contribution < 1.29 is 22.7 Å². The predicted molar refractivity (Wildman–Crippen MR) is 115 cm³/mol. The number of carbonyl (C=O) groups excluding carboxylic acids is 2. The Labute approximate surface area is 178 Å². The molecule has 0 aliphatic rings. The quantitative estimate of drug-likeness (QED) is 0.520. The van der Waals surface area contributed by atoms with Gasteiger partial charge in [0.25, 0.3) is 0 Å². The van der Waals surface area contributed by atoms with E-state index in [-0.39, 0.29) is 29.4 Å². The molecule has 0 unspecified atom stereocenters. The summed E-state index contributed by atoms with van der Waals surface area (Å²) in [6.07, 6.45) is 0.232. The minimum absolute atomic E-state index is 0.0361. The van der Waals surface area contributed by atoms with Crippen molar-refractivity contribution in [3.63, 3.8) is 0 Å². The van der Waals surface area contributed by atoms with Gasteiger partial charge in [-0.05, 0) is 43.7 Å². The molecule has 30 heavy (non-hydrogen) atoms. The fourth-order valence-electron chi connectivity index (χ4n) is 2.90. The summed E-state index contributed by atoms with van der Waals surface area (Å²) in [5.41, 5.74) is 1.28. The summed E-state index contributed by atoms with van der Waals surface area (Å²) in [4.78, 5) is 29.1. The molecule has 0 aliphatic carbocycles. The van der Waals surface area contributed by atoms with E-state index >= 15 is 0 Å². The molecule has 0 atom stereocenters. The number of amides is 1. The number of carbonyl (C=O) groups is 2. The zero-order valence-corrected chi connectivity index (χ0v) is 18.3. The van der Waals surface area contributed by atoms with Gasteiger partial charge in [-0.3, -0.25) is 4.79 Å². The van der Waals surface area contributed by atoms with Crippen molar-refractivity contribution in [2.45, 2.75) is 24.7 Å². The summed E-state index contributed by atoms with van der Waals surface area (Å²) in [5.74, 6) is -0.893. The number of aromatic nitrogens is 1. The van der Waals surface area contributed by atoms with E-state index in [1.807, 2.05) is 0 Å². The molecule has 0 bridgehead atoms. The largest absolute Gasteiger partial charge is 0.462 e. The van der Waals surface area contributed by atoms with Gasteiger partial charge in [0, 0.05) is 13.5 Å². The first-order valence-electron chi connectivity index (χ1n) is 9.44. The van der Waals surface area contributed by atoms with Gasteiger partial charge < -0.3 is 9.30 Å². The second-order valence-corrected chi connectivity index (χ2v) is 9.71. The summed E-state index contributed by atoms with van der Waals surface area (Å²) in [6, 6.07) is 13.4. The number of fused-ring (bicyclic) bond motifs is 1. The molecule has 1 heterocycles. The van der Waals surface area contributed by atoms with E-state index in [0.717, 1.165) is 10.2 Å². The topological polar surface area (TPSA) is 94.8 Å². The lowest BCUT2D eigenvalue weighted by Crippen LogP contribution is -2.14. The second-order valence-electron chi connectivity index (χ2n) is 6.59. The fraction of sp³-hybridized carbons (Fsp3) is 0.286. The molecule has 0 saturated heterocycles. The van der Waals surface area contributed by atoms with Gasteiger partial charge in [-0.15, -0.1) is 0 Å². The standard InChI is InChI=1S/C21H22N2O5S2/c1-3-28-20(25)15-11-12-17-18(14-15)29-21(23(17)2)22-19(24)10-7-13-30(26,27)16-8-5-4-6-9-16/h4-6,8-9,11-12,14H,3,7,10,13H2,1-2H3. The molecule has 0 radical (unpaired) electrons. The van der Waals surface area contributed by atoms with Gasteiger partial charge in [0.1, 0.15) is 0 Å². The molecular weight excluding hydrogens is 424 g/mol. The van der Waals surface area contributed by atoms with Crippen LogP contribution in [0.2, 0.25) is 0 Å². The van der Waals surface area contributed by atoms with Gasteiger partial charge in [0.2, 0.25) is 5.91 Å². The van der Waals surface area contributed by atoms with Gasteiger partial charge in [0.05, 0.1) is 33.0 Å². The van der Waals surface area contributed by atoms with Crippen LogP contribution in [-0.4, -0.2) is 37.2 Å². The van der Waals surface area contributed by atoms with Crippen LogP contribution in [0.4, 0.5) is 0 Å². The highest BCUT2D eigenvalue weighted by atomic mass is 32.2. The third kappa shape index (κ3) is 5.03. The van der Waals surface area contributed by atoms with Gasteiger partial charge in [-0.2, -0.15) is 4.99 Å². The number of hydrogen-bond donors (Lipinski definition) is 0. The first kappa shape index (κ1) is 21.9. The van der Waals surface area contributed by atoms with E-state index < -0.39 is 15.8 Å². The number of esters is 1. The van der Waals surface area contributed by atoms with Crippen molar-refractivity contribution >= 4 is 43.3 Å². The van der Waals surface area contributed by atoms with Crippen molar-refractivity contribution in [1.82, 2.24) is 4.57 Å². The van der Waals surface area contributed by atoms with Crippen LogP contribution < -0.4 is 4.80 Å². The fourth-order valence-corrected chi connectivity index (χ4v) is 5.31. The highest BCUT2D eigenvalue weighted by molar-refractivity contribution is 7.91. The molecule has 2 aromatic carbocycles. The van der Waals surface area contributed by atoms with E-state index in [4.69, 9.17) is 4.74 Å². The monoisotopic (exact) mass is 446 g/mol. The molecule has 1 amide bonds. The van der Waals surface area contributed by atoms with Gasteiger partial charge in [-0.1, -0.05) is 29.5 Å². The van der Waals surface area contributed by atoms with Crippen LogP contribution in [0.25, 0.3) is 10.2 Å². The van der Waals surface area contributed by atoms with Gasteiger partial charge >= 0.3 is 5.97 Å². The normalized spacial score (nSPS) is 12.3. The Hall–Kier alpha value is -2.78. The van der Waals surface area contributed by atoms with Gasteiger partial charge in [0.15, 0.2) is 14.6 Å². The van der Waals surface area contributed by atoms with Gasteiger partial charge in [-0.25, -0.2) is 13.2 Å². The number of benzene rings is 2. The molecular formula is C21H22N2O5S2. The SMILES string of the molecule is CCOC(=O)c1ccc2c(c1)sc(=NC(=O)CCCS(=O)(=O)c1ccccc1)n2C. The third-order valence-electron chi connectivity index (χ3n) is 4.45. The van der Waals surface area contributed by atoms with E-state index in [1.165, 1.54) is 11.3 Å². The first-order chi connectivity index (χ1) is 14.3. The zero-order valence-electron chi connectivity index (χ0n) is 16.7. The van der Waals surface area contributed by atoms with Crippen LogP contribution in [0, 0.1) is 0 Å². The Kier molecular flexibility index (Phi) is 6.84. The molecule has 3 rings (SSSR count). The summed E-state index contributed by atoms with van der Waals surface area (Å²) in [6.45, 7) is 2.04. The average molecular weight is 447 g/mol. The van der Waals surface area contributed by atoms with Crippen LogP contribution >= 0.6 is 11.3 Å². The number of ether oxygens (including phenoxy) is 1. The van der Waals surface area contributed by atoms with Crippen LogP contribution in [0.1, 0.15) is 30.1 Å². The minimum Gasteiger partial charge on any atom is -0.462 e. The number of nitrogens with zero attached hydrogens (tertiary/aromatic N) is 2. The lowest BCUT2D eigenvalue weighted by Gasteiger charge is -2.03. The Bertz CT molecular complexity index is 1240. The van der Waals surface area contributed by atoms with Crippen molar-refractivity contribution in [1.29, 1.82) is 0 Å². The van der Waals surface area contributed by atoms with E-state index in [1.54, 1.807) is 67.1 Å². The Morgan fingerprint density at radius 3 is 2.57 bits per heavy atom. The maximum atomic E-state index is 12.3. The molecule has 9 heteroatoms. The third-order valence-corrected chi connectivity index (χ3v) is 7.36. The van der Waals surface area contributed by atoms with Crippen molar-refractivity contribution in [3.8, 4) is 0 Å². The molecule has 158 valence electrons. The van der Waals surface area contributed by atoms with E-state index in [9.17, 15) is 18.0 Å². The molecule has 7 nitrogen and oxygen atoms in total. The molecule has 3 aromatic rings. The minimum atomic E-state index is -3.42. The number of rotatable bonds is 7. The first-order valence-corrected chi connectivity index (χ1v) is 11.9. The predicted octanol–water partition coefficient (Wildman–Crippen LogP) is 3.10. The van der Waals surface area contributed by atoms with Crippen molar-refractivity contribution in [2.75, 3.05) is 12.4 Å². The molecule has 0 spiro atoms. The highest BCUT2D eigenvalue weighted by Crippen LogP contribution is 2.19. The Balaban J connectivity index is 1.72. The number of aryl methyl sites for hydroxylation is 1. The van der Waals surface area contributed by atoms with E-state index in [0.29, 0.717) is 17.0 Å². The second kappa shape index (κ2) is 9.36. The lowest BCUT2D eigenvalue weighted by molar-refractivity contribution is -0.118. The maximum Gasteiger partial charge on any atom is 0.338 e. The molecule has 0 fully saturated rings. The summed E-state index contributed by atoms with van der Waals surface area (Å²) >= 11 is 1.29. The lowest BCUT2D eigenvalue weighted by atomic mass is 10.2. The Morgan fingerprint density at radius 1 is 1.13 bits per heavy atom. The summed E-state index contributed by atoms with van der Waals surface area (Å²) < 4.78 is 32.2. The highest BCUT2D eigenvalue weighted by Gasteiger charge is 2.15. The van der Waals surface area contributed by atoms with Crippen LogP contribution in [0.5, 0.6) is 0 Å².